The van der Waals surface area contributed by atoms with E-state index in [1.807, 2.05) is 0 Å². The molecular formula is C6H7ClN2O2S. The van der Waals surface area contributed by atoms with Gasteiger partial charge < -0.3 is 0 Å². The van der Waals surface area contributed by atoms with Crippen LogP contribution in [0.15, 0.2) is 23.2 Å². The van der Waals surface area contributed by atoms with E-state index in [0.717, 1.165) is 5.69 Å². The maximum absolute atomic E-state index is 11.0. The molecule has 0 aliphatic heterocycles. The van der Waals surface area contributed by atoms with Crippen LogP contribution in [-0.4, -0.2) is 13.4 Å². The minimum Gasteiger partial charge on any atom is -0.260 e. The first-order valence-corrected chi connectivity index (χ1v) is 4.97. The largest absolute Gasteiger partial charge is 0.260 e. The minimum atomic E-state index is -3.56. The molecule has 0 saturated heterocycles. The second-order valence-electron chi connectivity index (χ2n) is 2.22. The summed E-state index contributed by atoms with van der Waals surface area (Å²) in [6.45, 7) is 1.77. The van der Waals surface area contributed by atoms with Gasteiger partial charge in [-0.1, -0.05) is 0 Å². The van der Waals surface area contributed by atoms with E-state index in [9.17, 15) is 8.42 Å². The van der Waals surface area contributed by atoms with E-state index in [4.69, 9.17) is 11.8 Å². The molecule has 1 aromatic rings. The van der Waals surface area contributed by atoms with Crippen LogP contribution >= 0.6 is 11.8 Å². The van der Waals surface area contributed by atoms with Crippen molar-refractivity contribution in [3.8, 4) is 0 Å². The van der Waals surface area contributed by atoms with Crippen molar-refractivity contribution in [2.75, 3.05) is 0 Å². The molecule has 4 nitrogen and oxygen atoms in total. The average Bonchev–Trinajstić information content (AvgIpc) is 2.05. The third-order valence-electron chi connectivity index (χ3n) is 1.30. The number of aromatic nitrogens is 1. The highest BCUT2D eigenvalue weighted by molar-refractivity contribution is 7.90. The zero-order valence-corrected chi connectivity index (χ0v) is 7.85. The summed E-state index contributed by atoms with van der Waals surface area (Å²) in [6.07, 6.45) is 1.25. The average molecular weight is 207 g/mol. The van der Waals surface area contributed by atoms with Gasteiger partial charge in [-0.25, -0.2) is 8.42 Å². The van der Waals surface area contributed by atoms with Crippen LogP contribution in [-0.2, 0) is 10.0 Å². The van der Waals surface area contributed by atoms with Gasteiger partial charge in [0.05, 0.1) is 0 Å². The zero-order valence-electron chi connectivity index (χ0n) is 6.28. The molecule has 0 unspecified atom stereocenters. The molecule has 12 heavy (non-hydrogen) atoms. The molecule has 0 atom stereocenters. The van der Waals surface area contributed by atoms with Gasteiger partial charge in [-0.15, -0.1) is 4.24 Å². The molecule has 0 radical (unpaired) electrons. The lowest BCUT2D eigenvalue weighted by Crippen LogP contribution is -2.13. The van der Waals surface area contributed by atoms with E-state index in [-0.39, 0.29) is 4.90 Å². The first kappa shape index (κ1) is 9.44. The molecule has 6 heteroatoms. The van der Waals surface area contributed by atoms with Crippen molar-refractivity contribution >= 4 is 21.8 Å². The Morgan fingerprint density at radius 1 is 1.50 bits per heavy atom. The van der Waals surface area contributed by atoms with E-state index < -0.39 is 10.0 Å². The molecule has 0 bridgehead atoms. The third kappa shape index (κ3) is 1.94. The van der Waals surface area contributed by atoms with Crippen LogP contribution in [0.1, 0.15) is 5.69 Å². The molecule has 0 saturated carbocycles. The molecule has 1 aromatic heterocycles. The fourth-order valence-electron chi connectivity index (χ4n) is 0.658. The van der Waals surface area contributed by atoms with Crippen molar-refractivity contribution in [1.82, 2.24) is 9.23 Å². The van der Waals surface area contributed by atoms with Crippen molar-refractivity contribution in [3.63, 3.8) is 0 Å². The number of hydrogen-bond acceptors (Lipinski definition) is 3. The molecule has 0 amide bonds. The van der Waals surface area contributed by atoms with E-state index in [1.165, 1.54) is 12.3 Å². The monoisotopic (exact) mass is 206 g/mol. The molecule has 66 valence electrons. The Bertz CT molecular complexity index is 360. The first-order valence-electron chi connectivity index (χ1n) is 3.11. The Balaban J connectivity index is 3.14. The minimum absolute atomic E-state index is 0.0584. The van der Waals surface area contributed by atoms with Crippen LogP contribution in [0.4, 0.5) is 0 Å². The van der Waals surface area contributed by atoms with Crippen LogP contribution in [0.5, 0.6) is 0 Å². The second kappa shape index (κ2) is 3.38. The van der Waals surface area contributed by atoms with Crippen LogP contribution in [0.2, 0.25) is 0 Å². The predicted octanol–water partition coefficient (Wildman–Crippen LogP) is 0.822. The number of sulfonamides is 1. The predicted molar refractivity (Wildman–Crippen MR) is 45.1 cm³/mol. The lowest BCUT2D eigenvalue weighted by molar-refractivity contribution is 0.593. The normalized spacial score (nSPS) is 11.5. The standard InChI is InChI=1S/C6H7ClN2O2S/c1-5-2-3-6(4-8-5)12(10,11)9-7/h2-4,9H,1H3. The van der Waals surface area contributed by atoms with E-state index in [1.54, 1.807) is 17.2 Å². The number of rotatable bonds is 2. The molecule has 1 rings (SSSR count). The third-order valence-corrected chi connectivity index (χ3v) is 2.97. The maximum atomic E-state index is 11.0. The van der Waals surface area contributed by atoms with E-state index >= 15 is 0 Å². The Kier molecular flexibility index (Phi) is 2.66. The summed E-state index contributed by atoms with van der Waals surface area (Å²) in [5.74, 6) is 0. The number of pyridine rings is 1. The quantitative estimate of drug-likeness (QED) is 0.729. The molecule has 0 fully saturated rings. The van der Waals surface area contributed by atoms with Crippen molar-refractivity contribution in [2.24, 2.45) is 0 Å². The van der Waals surface area contributed by atoms with Crippen LogP contribution < -0.4 is 4.24 Å². The molecule has 1 N–H and O–H groups in total. The van der Waals surface area contributed by atoms with Crippen molar-refractivity contribution in [2.45, 2.75) is 11.8 Å². The van der Waals surface area contributed by atoms with Gasteiger partial charge in [-0.3, -0.25) is 4.98 Å². The van der Waals surface area contributed by atoms with Crippen molar-refractivity contribution < 1.29 is 8.42 Å². The van der Waals surface area contributed by atoms with Crippen LogP contribution in [0.25, 0.3) is 0 Å². The topological polar surface area (TPSA) is 59.1 Å². The number of hydrogen-bond donors (Lipinski definition) is 1. The fourth-order valence-corrected chi connectivity index (χ4v) is 1.45. The summed E-state index contributed by atoms with van der Waals surface area (Å²) in [5, 5.41) is 0. The highest BCUT2D eigenvalue weighted by Gasteiger charge is 2.11. The summed E-state index contributed by atoms with van der Waals surface area (Å²) in [5.41, 5.74) is 0.753. The molecule has 0 aromatic carbocycles. The van der Waals surface area contributed by atoms with Crippen LogP contribution in [0, 0.1) is 6.92 Å². The SMILES string of the molecule is Cc1ccc(S(=O)(=O)NCl)cn1. The van der Waals surface area contributed by atoms with Gasteiger partial charge in [0.1, 0.15) is 4.90 Å². The summed E-state index contributed by atoms with van der Waals surface area (Å²) in [7, 11) is -3.56. The van der Waals surface area contributed by atoms with Gasteiger partial charge in [0.25, 0.3) is 10.0 Å². The molecule has 0 aliphatic carbocycles. The first-order chi connectivity index (χ1) is 5.56. The van der Waals surface area contributed by atoms with Gasteiger partial charge in [-0.05, 0) is 30.8 Å². The Morgan fingerprint density at radius 3 is 2.58 bits per heavy atom. The van der Waals surface area contributed by atoms with Gasteiger partial charge in [0.2, 0.25) is 0 Å². The van der Waals surface area contributed by atoms with Gasteiger partial charge in [0.15, 0.2) is 0 Å². The number of halogens is 1. The van der Waals surface area contributed by atoms with Crippen molar-refractivity contribution in [3.05, 3.63) is 24.0 Å². The Labute approximate surface area is 75.7 Å². The molecule has 0 aliphatic rings. The van der Waals surface area contributed by atoms with E-state index in [0.29, 0.717) is 0 Å². The Hall–Kier alpha value is -0.650. The summed E-state index contributed by atoms with van der Waals surface area (Å²) in [4.78, 5) is 3.87. The van der Waals surface area contributed by atoms with Crippen LogP contribution in [0.3, 0.4) is 0 Å². The number of nitrogens with one attached hydrogen (secondary N) is 1. The van der Waals surface area contributed by atoms with Gasteiger partial charge in [0, 0.05) is 11.9 Å². The molecule has 1 heterocycles. The molecular weight excluding hydrogens is 200 g/mol. The molecule has 0 spiro atoms. The smallest absolute Gasteiger partial charge is 0.255 e. The second-order valence-corrected chi connectivity index (χ2v) is 4.31. The Morgan fingerprint density at radius 2 is 2.17 bits per heavy atom. The fraction of sp³-hybridized carbons (Fsp3) is 0.167. The van der Waals surface area contributed by atoms with Gasteiger partial charge >= 0.3 is 0 Å². The van der Waals surface area contributed by atoms with Gasteiger partial charge in [-0.2, -0.15) is 0 Å². The van der Waals surface area contributed by atoms with Crippen molar-refractivity contribution in [1.29, 1.82) is 0 Å². The lowest BCUT2D eigenvalue weighted by atomic mass is 10.4. The lowest BCUT2D eigenvalue weighted by Gasteiger charge is -1.99. The number of aryl methyl sites for hydroxylation is 1. The highest BCUT2D eigenvalue weighted by Crippen LogP contribution is 2.07. The highest BCUT2D eigenvalue weighted by atomic mass is 35.5. The maximum Gasteiger partial charge on any atom is 0.255 e. The summed E-state index contributed by atoms with van der Waals surface area (Å²) in [6, 6.07) is 3.04. The number of nitrogens with zero attached hydrogens (tertiary/aromatic N) is 1. The summed E-state index contributed by atoms with van der Waals surface area (Å²) >= 11 is 5.00. The zero-order chi connectivity index (χ0) is 9.19. The van der Waals surface area contributed by atoms with E-state index in [2.05, 4.69) is 4.98 Å². The summed E-state index contributed by atoms with van der Waals surface area (Å²) < 4.78 is 23.7.